The first-order valence-corrected chi connectivity index (χ1v) is 12.4. The minimum Gasteiger partial charge on any atom is -0.455 e. The van der Waals surface area contributed by atoms with Crippen molar-refractivity contribution in [2.24, 2.45) is 0 Å². The standard InChI is InChI=1S/C27H26N6O2S/c1-17-12-21(7-9-23(17)35-22-8-6-18(2)29-15-22)32-25-24-27(31-16-30-25)36-26(33-24)20-5-3-4-19(13-20)14-28-10-11-34/h3-9,12-13,15-16,28,34H,10-11,14H2,1-2H3,(H,30,31,32). The number of hydrogen-bond donors (Lipinski definition) is 3. The first-order valence-electron chi connectivity index (χ1n) is 11.6. The molecule has 0 amide bonds. The van der Waals surface area contributed by atoms with Crippen molar-refractivity contribution in [2.75, 3.05) is 18.5 Å². The van der Waals surface area contributed by atoms with Crippen LogP contribution in [0.4, 0.5) is 11.5 Å². The number of thiazole rings is 1. The van der Waals surface area contributed by atoms with Gasteiger partial charge < -0.3 is 20.5 Å². The SMILES string of the molecule is Cc1ccc(Oc2ccc(Nc3ncnc4sc(-c5cccc(CNCCO)c5)nc34)cc2C)cn1. The maximum absolute atomic E-state index is 8.99. The molecule has 0 unspecified atom stereocenters. The second kappa shape index (κ2) is 10.8. The predicted octanol–water partition coefficient (Wildman–Crippen LogP) is 5.38. The summed E-state index contributed by atoms with van der Waals surface area (Å²) in [4.78, 5) is 18.8. The first-order chi connectivity index (χ1) is 17.6. The van der Waals surface area contributed by atoms with Gasteiger partial charge in [-0.15, -0.1) is 0 Å². The van der Waals surface area contributed by atoms with E-state index in [1.54, 1.807) is 12.5 Å². The number of benzene rings is 2. The van der Waals surface area contributed by atoms with Crippen LogP contribution in [0.3, 0.4) is 0 Å². The van der Waals surface area contributed by atoms with Gasteiger partial charge in [0, 0.05) is 30.0 Å². The Hall–Kier alpha value is -3.92. The van der Waals surface area contributed by atoms with Crippen LogP contribution >= 0.6 is 11.3 Å². The van der Waals surface area contributed by atoms with E-state index in [0.717, 1.165) is 49.2 Å². The molecule has 3 heterocycles. The number of aliphatic hydroxyl groups is 1. The second-order valence-electron chi connectivity index (χ2n) is 8.34. The number of nitrogens with zero attached hydrogens (tertiary/aromatic N) is 4. The number of aryl methyl sites for hydroxylation is 2. The molecular weight excluding hydrogens is 472 g/mol. The highest BCUT2D eigenvalue weighted by Crippen LogP contribution is 2.34. The number of pyridine rings is 1. The minimum absolute atomic E-state index is 0.117. The third kappa shape index (κ3) is 5.49. The topological polar surface area (TPSA) is 105 Å². The Labute approximate surface area is 213 Å². The molecule has 3 aromatic heterocycles. The number of nitrogens with one attached hydrogen (secondary N) is 2. The van der Waals surface area contributed by atoms with Crippen molar-refractivity contribution in [3.05, 3.63) is 83.9 Å². The summed E-state index contributed by atoms with van der Waals surface area (Å²) in [5.41, 5.74) is 5.69. The van der Waals surface area contributed by atoms with Crippen molar-refractivity contribution in [3.63, 3.8) is 0 Å². The Morgan fingerprint density at radius 1 is 1.00 bits per heavy atom. The normalized spacial score (nSPS) is 11.1. The fourth-order valence-corrected chi connectivity index (χ4v) is 4.62. The van der Waals surface area contributed by atoms with Crippen LogP contribution in [0.1, 0.15) is 16.8 Å². The lowest BCUT2D eigenvalue weighted by molar-refractivity contribution is 0.292. The number of fused-ring (bicyclic) bond motifs is 1. The lowest BCUT2D eigenvalue weighted by Crippen LogP contribution is -2.17. The summed E-state index contributed by atoms with van der Waals surface area (Å²) >= 11 is 1.53. The van der Waals surface area contributed by atoms with Crippen molar-refractivity contribution in [1.29, 1.82) is 0 Å². The maximum Gasteiger partial charge on any atom is 0.161 e. The Morgan fingerprint density at radius 3 is 2.72 bits per heavy atom. The van der Waals surface area contributed by atoms with Crippen molar-refractivity contribution >= 4 is 33.2 Å². The quantitative estimate of drug-likeness (QED) is 0.233. The van der Waals surface area contributed by atoms with Gasteiger partial charge in [0.1, 0.15) is 33.2 Å². The maximum atomic E-state index is 8.99. The van der Waals surface area contributed by atoms with Crippen molar-refractivity contribution < 1.29 is 9.84 Å². The van der Waals surface area contributed by atoms with Gasteiger partial charge in [-0.05, 0) is 61.4 Å². The molecule has 0 fully saturated rings. The molecule has 0 aliphatic rings. The number of anilines is 2. The molecular formula is C27H26N6O2S. The van der Waals surface area contributed by atoms with E-state index in [4.69, 9.17) is 14.8 Å². The molecule has 0 aliphatic carbocycles. The Morgan fingerprint density at radius 2 is 1.92 bits per heavy atom. The monoisotopic (exact) mass is 498 g/mol. The summed E-state index contributed by atoms with van der Waals surface area (Å²) < 4.78 is 5.99. The molecule has 3 N–H and O–H groups in total. The molecule has 0 atom stereocenters. The summed E-state index contributed by atoms with van der Waals surface area (Å²) in [7, 11) is 0. The Kier molecular flexibility index (Phi) is 7.13. The molecule has 5 aromatic rings. The van der Waals surface area contributed by atoms with Crippen LogP contribution in [0.2, 0.25) is 0 Å². The van der Waals surface area contributed by atoms with Crippen LogP contribution in [0.15, 0.2) is 67.1 Å². The van der Waals surface area contributed by atoms with Gasteiger partial charge in [-0.25, -0.2) is 15.0 Å². The molecule has 0 spiro atoms. The molecule has 0 bridgehead atoms. The van der Waals surface area contributed by atoms with Crippen molar-refractivity contribution in [3.8, 4) is 22.1 Å². The first kappa shape index (κ1) is 23.8. The highest BCUT2D eigenvalue weighted by molar-refractivity contribution is 7.21. The molecule has 182 valence electrons. The molecule has 0 saturated carbocycles. The third-order valence-corrected chi connectivity index (χ3v) is 6.55. The van der Waals surface area contributed by atoms with Gasteiger partial charge in [0.25, 0.3) is 0 Å². The Balaban J connectivity index is 1.36. The van der Waals surface area contributed by atoms with E-state index >= 15 is 0 Å². The average molecular weight is 499 g/mol. The highest BCUT2D eigenvalue weighted by Gasteiger charge is 2.13. The van der Waals surface area contributed by atoms with Crippen molar-refractivity contribution in [2.45, 2.75) is 20.4 Å². The van der Waals surface area contributed by atoms with Gasteiger partial charge in [-0.1, -0.05) is 29.5 Å². The molecule has 2 aromatic carbocycles. The van der Waals surface area contributed by atoms with Gasteiger partial charge in [0.05, 0.1) is 12.8 Å². The molecule has 5 rings (SSSR count). The lowest BCUT2D eigenvalue weighted by Gasteiger charge is -2.11. The van der Waals surface area contributed by atoms with E-state index in [0.29, 0.717) is 24.7 Å². The van der Waals surface area contributed by atoms with E-state index < -0.39 is 0 Å². The number of rotatable bonds is 9. The fraction of sp³-hybridized carbons (Fsp3) is 0.185. The largest absolute Gasteiger partial charge is 0.455 e. The number of hydrogen-bond acceptors (Lipinski definition) is 9. The van der Waals surface area contributed by atoms with Crippen LogP contribution in [0, 0.1) is 13.8 Å². The summed E-state index contributed by atoms with van der Waals surface area (Å²) in [6.07, 6.45) is 3.27. The summed E-state index contributed by atoms with van der Waals surface area (Å²) in [5, 5.41) is 16.5. The Bertz CT molecular complexity index is 1490. The van der Waals surface area contributed by atoms with E-state index in [-0.39, 0.29) is 6.61 Å². The molecule has 36 heavy (non-hydrogen) atoms. The summed E-state index contributed by atoms with van der Waals surface area (Å²) in [6.45, 7) is 5.31. The van der Waals surface area contributed by atoms with Gasteiger partial charge in [0.2, 0.25) is 0 Å². The van der Waals surface area contributed by atoms with Gasteiger partial charge in [-0.3, -0.25) is 4.98 Å². The van der Waals surface area contributed by atoms with Crippen LogP contribution in [-0.4, -0.2) is 38.2 Å². The molecule has 0 aliphatic heterocycles. The summed E-state index contributed by atoms with van der Waals surface area (Å²) in [5.74, 6) is 2.12. The minimum atomic E-state index is 0.117. The molecule has 9 heteroatoms. The number of aliphatic hydroxyl groups excluding tert-OH is 1. The van der Waals surface area contributed by atoms with E-state index in [2.05, 4.69) is 37.7 Å². The lowest BCUT2D eigenvalue weighted by atomic mass is 10.1. The summed E-state index contributed by atoms with van der Waals surface area (Å²) in [6, 6.07) is 17.9. The van der Waals surface area contributed by atoms with Crippen LogP contribution in [-0.2, 0) is 6.54 Å². The molecule has 8 nitrogen and oxygen atoms in total. The number of aromatic nitrogens is 4. The van der Waals surface area contributed by atoms with Gasteiger partial charge in [0.15, 0.2) is 5.82 Å². The van der Waals surface area contributed by atoms with E-state index in [9.17, 15) is 0 Å². The highest BCUT2D eigenvalue weighted by atomic mass is 32.1. The zero-order valence-corrected chi connectivity index (χ0v) is 20.8. The predicted molar refractivity (Wildman–Crippen MR) is 143 cm³/mol. The van der Waals surface area contributed by atoms with E-state index in [1.807, 2.05) is 56.3 Å². The van der Waals surface area contributed by atoms with Crippen molar-refractivity contribution in [1.82, 2.24) is 25.3 Å². The fourth-order valence-electron chi connectivity index (χ4n) is 3.72. The van der Waals surface area contributed by atoms with Crippen LogP contribution < -0.4 is 15.4 Å². The van der Waals surface area contributed by atoms with Gasteiger partial charge in [-0.2, -0.15) is 0 Å². The third-order valence-electron chi connectivity index (χ3n) is 5.54. The smallest absolute Gasteiger partial charge is 0.161 e. The second-order valence-corrected chi connectivity index (χ2v) is 9.32. The molecule has 0 saturated heterocycles. The van der Waals surface area contributed by atoms with Gasteiger partial charge >= 0.3 is 0 Å². The average Bonchev–Trinajstić information content (AvgIpc) is 3.33. The molecule has 0 radical (unpaired) electrons. The number of ether oxygens (including phenoxy) is 1. The van der Waals surface area contributed by atoms with Crippen LogP contribution in [0.5, 0.6) is 11.5 Å². The van der Waals surface area contributed by atoms with E-state index in [1.165, 1.54) is 11.3 Å². The zero-order chi connectivity index (χ0) is 24.9. The zero-order valence-electron chi connectivity index (χ0n) is 20.0. The van der Waals surface area contributed by atoms with Crippen LogP contribution in [0.25, 0.3) is 20.9 Å².